The van der Waals surface area contributed by atoms with Crippen molar-refractivity contribution in [2.45, 2.75) is 26.3 Å². The van der Waals surface area contributed by atoms with Gasteiger partial charge in [-0.15, -0.1) is 11.3 Å². The van der Waals surface area contributed by atoms with Crippen molar-refractivity contribution in [3.63, 3.8) is 0 Å². The Balaban J connectivity index is 2.03. The molecule has 5 nitrogen and oxygen atoms in total. The predicted octanol–water partition coefficient (Wildman–Crippen LogP) is 2.44. The molecule has 1 amide bonds. The molecule has 0 aliphatic heterocycles. The zero-order chi connectivity index (χ0) is 16.1. The van der Waals surface area contributed by atoms with Crippen molar-refractivity contribution in [2.75, 3.05) is 20.6 Å². The van der Waals surface area contributed by atoms with Crippen LogP contribution in [0.4, 0.5) is 0 Å². The predicted molar refractivity (Wildman–Crippen MR) is 89.2 cm³/mol. The molecular weight excluding hydrogens is 296 g/mol. The number of aromatic nitrogens is 2. The summed E-state index contributed by atoms with van der Waals surface area (Å²) in [5, 5.41) is 5.06. The van der Waals surface area contributed by atoms with Gasteiger partial charge in [0.25, 0.3) is 5.91 Å². The summed E-state index contributed by atoms with van der Waals surface area (Å²) in [4.78, 5) is 23.9. The third-order valence-electron chi connectivity index (χ3n) is 3.57. The van der Waals surface area contributed by atoms with Crippen LogP contribution in [0.5, 0.6) is 0 Å². The van der Waals surface area contributed by atoms with Gasteiger partial charge in [0, 0.05) is 30.2 Å². The van der Waals surface area contributed by atoms with E-state index in [9.17, 15) is 4.79 Å². The van der Waals surface area contributed by atoms with Crippen molar-refractivity contribution in [1.29, 1.82) is 0 Å². The van der Waals surface area contributed by atoms with E-state index in [0.717, 1.165) is 12.2 Å². The second kappa shape index (κ2) is 7.47. The SMILES string of the molecule is CCc1ncc(C(=O)NC[C@H](c2sccc2C)N(C)C)cn1. The first kappa shape index (κ1) is 16.6. The lowest BCUT2D eigenvalue weighted by molar-refractivity contribution is 0.0941. The molecule has 2 rings (SSSR count). The Bertz CT molecular complexity index is 621. The first-order chi connectivity index (χ1) is 10.5. The minimum absolute atomic E-state index is 0.135. The number of rotatable bonds is 6. The Kier molecular flexibility index (Phi) is 5.63. The maximum atomic E-state index is 12.2. The second-order valence-corrected chi connectivity index (χ2v) is 6.35. The highest BCUT2D eigenvalue weighted by Crippen LogP contribution is 2.26. The van der Waals surface area contributed by atoms with Gasteiger partial charge in [-0.25, -0.2) is 9.97 Å². The fraction of sp³-hybridized carbons (Fsp3) is 0.438. The molecule has 0 saturated heterocycles. The number of thiophene rings is 1. The topological polar surface area (TPSA) is 58.1 Å². The first-order valence-corrected chi connectivity index (χ1v) is 8.20. The maximum Gasteiger partial charge on any atom is 0.254 e. The Morgan fingerprint density at radius 2 is 2.05 bits per heavy atom. The molecule has 2 heterocycles. The van der Waals surface area contributed by atoms with E-state index < -0.39 is 0 Å². The maximum absolute atomic E-state index is 12.2. The number of hydrogen-bond acceptors (Lipinski definition) is 5. The second-order valence-electron chi connectivity index (χ2n) is 5.40. The number of amides is 1. The standard InChI is InChI=1S/C16H22N4OS/c1-5-14-17-8-12(9-18-14)16(21)19-10-13(20(3)4)15-11(2)6-7-22-15/h6-9,13H,5,10H2,1-4H3,(H,19,21)/t13-/m1/s1. The van der Waals surface area contributed by atoms with E-state index in [1.807, 2.05) is 21.0 Å². The molecule has 0 aliphatic carbocycles. The molecule has 1 atom stereocenters. The summed E-state index contributed by atoms with van der Waals surface area (Å²) in [6.07, 6.45) is 3.94. The van der Waals surface area contributed by atoms with Crippen LogP contribution in [0.25, 0.3) is 0 Å². The molecule has 0 unspecified atom stereocenters. The summed E-state index contributed by atoms with van der Waals surface area (Å²) < 4.78 is 0. The average Bonchev–Trinajstić information content (AvgIpc) is 2.93. The zero-order valence-corrected chi connectivity index (χ0v) is 14.3. The number of aryl methyl sites for hydroxylation is 2. The van der Waals surface area contributed by atoms with Gasteiger partial charge in [0.2, 0.25) is 0 Å². The lowest BCUT2D eigenvalue weighted by Gasteiger charge is -2.24. The molecule has 6 heteroatoms. The van der Waals surface area contributed by atoms with Gasteiger partial charge in [-0.05, 0) is 38.0 Å². The lowest BCUT2D eigenvalue weighted by Crippen LogP contribution is -2.34. The van der Waals surface area contributed by atoms with E-state index in [-0.39, 0.29) is 11.9 Å². The molecular formula is C16H22N4OS. The van der Waals surface area contributed by atoms with Gasteiger partial charge in [0.1, 0.15) is 5.82 Å². The van der Waals surface area contributed by atoms with Crippen molar-refractivity contribution >= 4 is 17.2 Å². The molecule has 0 bridgehead atoms. The van der Waals surface area contributed by atoms with Crippen molar-refractivity contribution < 1.29 is 4.79 Å². The van der Waals surface area contributed by atoms with Gasteiger partial charge in [0.15, 0.2) is 0 Å². The highest BCUT2D eigenvalue weighted by molar-refractivity contribution is 7.10. The highest BCUT2D eigenvalue weighted by Gasteiger charge is 2.19. The Morgan fingerprint density at radius 3 is 2.55 bits per heavy atom. The van der Waals surface area contributed by atoms with Crippen molar-refractivity contribution in [2.24, 2.45) is 0 Å². The molecule has 0 saturated carbocycles. The van der Waals surface area contributed by atoms with Gasteiger partial charge < -0.3 is 10.2 Å². The van der Waals surface area contributed by atoms with Crippen LogP contribution in [0, 0.1) is 6.92 Å². The van der Waals surface area contributed by atoms with Crippen molar-refractivity contribution in [3.8, 4) is 0 Å². The number of carbonyl (C=O) groups is 1. The van der Waals surface area contributed by atoms with Crippen molar-refractivity contribution in [3.05, 3.63) is 45.7 Å². The van der Waals surface area contributed by atoms with Crippen LogP contribution >= 0.6 is 11.3 Å². The summed E-state index contributed by atoms with van der Waals surface area (Å²) in [7, 11) is 4.05. The molecule has 0 fully saturated rings. The largest absolute Gasteiger partial charge is 0.350 e. The van der Waals surface area contributed by atoms with Crippen molar-refractivity contribution in [1.82, 2.24) is 20.2 Å². The summed E-state index contributed by atoms with van der Waals surface area (Å²) in [5.74, 6) is 0.612. The third-order valence-corrected chi connectivity index (χ3v) is 4.69. The van der Waals surface area contributed by atoms with E-state index >= 15 is 0 Å². The normalized spacial score (nSPS) is 12.4. The van der Waals surface area contributed by atoms with E-state index in [1.165, 1.54) is 10.4 Å². The van der Waals surface area contributed by atoms with Crippen LogP contribution in [-0.4, -0.2) is 41.4 Å². The van der Waals surface area contributed by atoms with E-state index in [1.54, 1.807) is 23.7 Å². The Morgan fingerprint density at radius 1 is 1.36 bits per heavy atom. The number of carbonyl (C=O) groups excluding carboxylic acids is 1. The highest BCUT2D eigenvalue weighted by atomic mass is 32.1. The first-order valence-electron chi connectivity index (χ1n) is 7.32. The third kappa shape index (κ3) is 3.90. The van der Waals surface area contributed by atoms with Gasteiger partial charge in [0.05, 0.1) is 11.6 Å². The fourth-order valence-corrected chi connectivity index (χ4v) is 3.31. The number of hydrogen-bond donors (Lipinski definition) is 1. The molecule has 0 aromatic carbocycles. The molecule has 0 radical (unpaired) electrons. The Hall–Kier alpha value is -1.79. The molecule has 2 aromatic heterocycles. The number of likely N-dealkylation sites (N-methyl/N-ethyl adjacent to an activating group) is 1. The molecule has 0 spiro atoms. The van der Waals surface area contributed by atoms with E-state index in [4.69, 9.17) is 0 Å². The van der Waals surface area contributed by atoms with Crippen LogP contribution < -0.4 is 5.32 Å². The molecule has 1 N–H and O–H groups in total. The fourth-order valence-electron chi connectivity index (χ4n) is 2.18. The molecule has 0 aliphatic rings. The molecule has 2 aromatic rings. The quantitative estimate of drug-likeness (QED) is 0.889. The molecule has 22 heavy (non-hydrogen) atoms. The number of nitrogens with zero attached hydrogens (tertiary/aromatic N) is 3. The summed E-state index contributed by atoms with van der Waals surface area (Å²) in [6.45, 7) is 4.64. The van der Waals surface area contributed by atoms with Gasteiger partial charge in [-0.2, -0.15) is 0 Å². The number of nitrogens with one attached hydrogen (secondary N) is 1. The minimum Gasteiger partial charge on any atom is -0.350 e. The van der Waals surface area contributed by atoms with E-state index in [2.05, 4.69) is 38.6 Å². The van der Waals surface area contributed by atoms with Crippen LogP contribution in [0.3, 0.4) is 0 Å². The van der Waals surface area contributed by atoms with Crippen LogP contribution in [0.15, 0.2) is 23.8 Å². The summed E-state index contributed by atoms with van der Waals surface area (Å²) >= 11 is 1.72. The van der Waals surface area contributed by atoms with Crippen LogP contribution in [0.1, 0.15) is 39.6 Å². The van der Waals surface area contributed by atoms with Gasteiger partial charge in [-0.1, -0.05) is 6.92 Å². The summed E-state index contributed by atoms with van der Waals surface area (Å²) in [5.41, 5.74) is 1.76. The van der Waals surface area contributed by atoms with Crippen LogP contribution in [0.2, 0.25) is 0 Å². The monoisotopic (exact) mass is 318 g/mol. The van der Waals surface area contributed by atoms with Gasteiger partial charge >= 0.3 is 0 Å². The minimum atomic E-state index is -0.135. The van der Waals surface area contributed by atoms with Crippen LogP contribution in [-0.2, 0) is 6.42 Å². The molecule has 118 valence electrons. The summed E-state index contributed by atoms with van der Waals surface area (Å²) in [6, 6.07) is 2.27. The average molecular weight is 318 g/mol. The Labute approximate surface area is 135 Å². The van der Waals surface area contributed by atoms with E-state index in [0.29, 0.717) is 12.1 Å². The van der Waals surface area contributed by atoms with Gasteiger partial charge in [-0.3, -0.25) is 4.79 Å². The zero-order valence-electron chi connectivity index (χ0n) is 13.5. The smallest absolute Gasteiger partial charge is 0.254 e. The lowest BCUT2D eigenvalue weighted by atomic mass is 10.1.